The third kappa shape index (κ3) is 4.03. The fraction of sp³-hybridized carbons (Fsp3) is 0.471. The predicted molar refractivity (Wildman–Crippen MR) is 88.5 cm³/mol. The highest BCUT2D eigenvalue weighted by Gasteiger charge is 2.37. The molecule has 0 saturated carbocycles. The molecule has 0 aromatic heterocycles. The second-order valence-corrected chi connectivity index (χ2v) is 7.04. The summed E-state index contributed by atoms with van der Waals surface area (Å²) in [6.07, 6.45) is 2.52. The van der Waals surface area contributed by atoms with Crippen molar-refractivity contribution in [3.05, 3.63) is 29.3 Å². The van der Waals surface area contributed by atoms with Gasteiger partial charge in [0.2, 0.25) is 5.91 Å². The van der Waals surface area contributed by atoms with Crippen LogP contribution in [0.1, 0.15) is 37.3 Å². The topological polar surface area (TPSA) is 49.3 Å². The molecule has 0 spiro atoms. The van der Waals surface area contributed by atoms with Gasteiger partial charge in [0.25, 0.3) is 0 Å². The molecule has 1 aliphatic rings. The quantitative estimate of drug-likeness (QED) is 0.844. The number of hydrogen-bond donors (Lipinski definition) is 2. The standard InChI is InChI=1S/C17H21NO2S/c1-13-12-14(6-3-4-10-19)7-8-15(13)18-16(20)17(2)9-5-11-21-17/h7-8,12,19H,4-5,9-11H2,1-2H3,(H,18,20). The molecule has 1 unspecified atom stereocenters. The summed E-state index contributed by atoms with van der Waals surface area (Å²) in [6.45, 7) is 4.07. The number of rotatable bonds is 3. The van der Waals surface area contributed by atoms with Gasteiger partial charge >= 0.3 is 0 Å². The van der Waals surface area contributed by atoms with Crippen molar-refractivity contribution in [2.45, 2.75) is 37.9 Å². The highest BCUT2D eigenvalue weighted by Crippen LogP contribution is 2.38. The van der Waals surface area contributed by atoms with E-state index in [-0.39, 0.29) is 17.3 Å². The fourth-order valence-corrected chi connectivity index (χ4v) is 3.52. The summed E-state index contributed by atoms with van der Waals surface area (Å²) in [6, 6.07) is 5.76. The van der Waals surface area contributed by atoms with Gasteiger partial charge in [-0.25, -0.2) is 0 Å². The van der Waals surface area contributed by atoms with Gasteiger partial charge in [0.05, 0.1) is 11.4 Å². The number of aliphatic hydroxyl groups excluding tert-OH is 1. The summed E-state index contributed by atoms with van der Waals surface area (Å²) < 4.78 is -0.300. The lowest BCUT2D eigenvalue weighted by atomic mass is 10.0. The number of thioether (sulfide) groups is 1. The Morgan fingerprint density at radius 2 is 2.33 bits per heavy atom. The molecule has 21 heavy (non-hydrogen) atoms. The maximum absolute atomic E-state index is 12.4. The monoisotopic (exact) mass is 303 g/mol. The largest absolute Gasteiger partial charge is 0.395 e. The Balaban J connectivity index is 2.08. The molecule has 1 amide bonds. The van der Waals surface area contributed by atoms with Gasteiger partial charge in [-0.05, 0) is 56.2 Å². The van der Waals surface area contributed by atoms with Crippen molar-refractivity contribution >= 4 is 23.4 Å². The minimum atomic E-state index is -0.300. The van der Waals surface area contributed by atoms with E-state index in [1.54, 1.807) is 11.8 Å². The van der Waals surface area contributed by atoms with Crippen LogP contribution < -0.4 is 5.32 Å². The van der Waals surface area contributed by atoms with E-state index in [9.17, 15) is 4.79 Å². The van der Waals surface area contributed by atoms with Crippen LogP contribution in [0.2, 0.25) is 0 Å². The molecular formula is C17H21NO2S. The molecule has 2 N–H and O–H groups in total. The van der Waals surface area contributed by atoms with Crippen LogP contribution in [0, 0.1) is 18.8 Å². The van der Waals surface area contributed by atoms with Crippen LogP contribution in [-0.4, -0.2) is 28.1 Å². The Hall–Kier alpha value is -1.44. The first-order valence-electron chi connectivity index (χ1n) is 7.21. The average Bonchev–Trinajstić information content (AvgIpc) is 2.90. The fourth-order valence-electron chi connectivity index (χ4n) is 2.31. The molecule has 1 aromatic carbocycles. The van der Waals surface area contributed by atoms with Gasteiger partial charge in [0.1, 0.15) is 0 Å². The number of aryl methyl sites for hydroxylation is 1. The predicted octanol–water partition coefficient (Wildman–Crippen LogP) is 2.95. The lowest BCUT2D eigenvalue weighted by Crippen LogP contribution is -2.34. The van der Waals surface area contributed by atoms with E-state index in [1.807, 2.05) is 32.0 Å². The Morgan fingerprint density at radius 3 is 2.95 bits per heavy atom. The number of aliphatic hydroxyl groups is 1. The molecule has 4 heteroatoms. The van der Waals surface area contributed by atoms with E-state index < -0.39 is 0 Å². The van der Waals surface area contributed by atoms with E-state index in [4.69, 9.17) is 5.11 Å². The van der Waals surface area contributed by atoms with E-state index in [0.717, 1.165) is 35.4 Å². The van der Waals surface area contributed by atoms with Crippen LogP contribution in [0.15, 0.2) is 18.2 Å². The number of nitrogens with one attached hydrogen (secondary N) is 1. The average molecular weight is 303 g/mol. The SMILES string of the molecule is Cc1cc(C#CCCO)ccc1NC(=O)C1(C)CCCS1. The van der Waals surface area contributed by atoms with Crippen LogP contribution in [0.3, 0.4) is 0 Å². The normalized spacial score (nSPS) is 20.7. The van der Waals surface area contributed by atoms with Crippen LogP contribution >= 0.6 is 11.8 Å². The Kier molecular flexibility index (Phi) is 5.33. The van der Waals surface area contributed by atoms with E-state index in [1.165, 1.54) is 0 Å². The second-order valence-electron chi connectivity index (χ2n) is 5.44. The van der Waals surface area contributed by atoms with Crippen LogP contribution in [0.5, 0.6) is 0 Å². The van der Waals surface area contributed by atoms with Gasteiger partial charge in [0.15, 0.2) is 0 Å². The first-order valence-corrected chi connectivity index (χ1v) is 8.19. The van der Waals surface area contributed by atoms with Gasteiger partial charge in [-0.3, -0.25) is 4.79 Å². The molecule has 0 aliphatic carbocycles. The minimum absolute atomic E-state index is 0.0797. The van der Waals surface area contributed by atoms with Gasteiger partial charge < -0.3 is 10.4 Å². The summed E-state index contributed by atoms with van der Waals surface area (Å²) in [5, 5.41) is 11.8. The van der Waals surface area contributed by atoms with Crippen LogP contribution in [0.25, 0.3) is 0 Å². The summed E-state index contributed by atoms with van der Waals surface area (Å²) in [4.78, 5) is 12.4. The molecule has 1 saturated heterocycles. The zero-order valence-electron chi connectivity index (χ0n) is 12.5. The Labute approximate surface area is 130 Å². The highest BCUT2D eigenvalue weighted by molar-refractivity contribution is 8.01. The second kappa shape index (κ2) is 7.02. The third-order valence-corrected chi connectivity index (χ3v) is 5.16. The molecule has 1 atom stereocenters. The van der Waals surface area contributed by atoms with Gasteiger partial charge in [-0.1, -0.05) is 11.8 Å². The molecule has 1 fully saturated rings. The molecule has 0 bridgehead atoms. The van der Waals surface area contributed by atoms with E-state index in [0.29, 0.717) is 6.42 Å². The summed E-state index contributed by atoms with van der Waals surface area (Å²) >= 11 is 1.74. The number of anilines is 1. The maximum Gasteiger partial charge on any atom is 0.240 e. The smallest absolute Gasteiger partial charge is 0.240 e. The summed E-state index contributed by atoms with van der Waals surface area (Å²) in [7, 11) is 0. The van der Waals surface area contributed by atoms with Crippen LogP contribution in [-0.2, 0) is 4.79 Å². The molecule has 3 nitrogen and oxygen atoms in total. The zero-order valence-corrected chi connectivity index (χ0v) is 13.3. The lowest BCUT2D eigenvalue weighted by molar-refractivity contribution is -0.118. The Bertz CT molecular complexity index is 580. The maximum atomic E-state index is 12.4. The molecule has 1 heterocycles. The molecular weight excluding hydrogens is 282 g/mol. The first kappa shape index (κ1) is 15.9. The van der Waals surface area contributed by atoms with Crippen molar-refractivity contribution in [2.24, 2.45) is 0 Å². The molecule has 1 aliphatic heterocycles. The molecule has 112 valence electrons. The molecule has 1 aromatic rings. The number of carbonyl (C=O) groups is 1. The van der Waals surface area contributed by atoms with Gasteiger partial charge in [-0.15, -0.1) is 11.8 Å². The number of amides is 1. The van der Waals surface area contributed by atoms with Crippen molar-refractivity contribution in [1.82, 2.24) is 0 Å². The third-order valence-electron chi connectivity index (χ3n) is 3.64. The van der Waals surface area contributed by atoms with Crippen molar-refractivity contribution in [1.29, 1.82) is 0 Å². The van der Waals surface area contributed by atoms with Crippen molar-refractivity contribution in [2.75, 3.05) is 17.7 Å². The van der Waals surface area contributed by atoms with Gasteiger partial charge in [0, 0.05) is 17.7 Å². The van der Waals surface area contributed by atoms with E-state index in [2.05, 4.69) is 17.2 Å². The van der Waals surface area contributed by atoms with Crippen molar-refractivity contribution in [3.63, 3.8) is 0 Å². The molecule has 0 radical (unpaired) electrons. The minimum Gasteiger partial charge on any atom is -0.395 e. The van der Waals surface area contributed by atoms with Crippen molar-refractivity contribution < 1.29 is 9.90 Å². The summed E-state index contributed by atoms with van der Waals surface area (Å²) in [5.74, 6) is 7.05. The number of carbonyl (C=O) groups excluding carboxylic acids is 1. The summed E-state index contributed by atoms with van der Waals surface area (Å²) in [5.41, 5.74) is 2.76. The van der Waals surface area contributed by atoms with E-state index >= 15 is 0 Å². The zero-order chi connectivity index (χ0) is 15.3. The lowest BCUT2D eigenvalue weighted by Gasteiger charge is -2.22. The number of benzene rings is 1. The van der Waals surface area contributed by atoms with Gasteiger partial charge in [-0.2, -0.15) is 0 Å². The Morgan fingerprint density at radius 1 is 1.52 bits per heavy atom. The number of hydrogen-bond acceptors (Lipinski definition) is 3. The highest BCUT2D eigenvalue weighted by atomic mass is 32.2. The van der Waals surface area contributed by atoms with Crippen molar-refractivity contribution in [3.8, 4) is 11.8 Å². The first-order chi connectivity index (χ1) is 10.0. The molecule has 2 rings (SSSR count). The van der Waals surface area contributed by atoms with Crippen LogP contribution in [0.4, 0.5) is 5.69 Å².